The molecule has 5 nitrogen and oxygen atoms in total. The highest BCUT2D eigenvalue weighted by molar-refractivity contribution is 7.89. The Morgan fingerprint density at radius 2 is 2.05 bits per heavy atom. The summed E-state index contributed by atoms with van der Waals surface area (Å²) >= 11 is 1.69. The fraction of sp³-hybridized carbons (Fsp3) is 0.357. The average Bonchev–Trinajstić information content (AvgIpc) is 2.83. The molecule has 0 bridgehead atoms. The Morgan fingerprint density at radius 3 is 2.57 bits per heavy atom. The predicted molar refractivity (Wildman–Crippen MR) is 86.3 cm³/mol. The molecular formula is C14H19N3O2S2. The second kappa shape index (κ2) is 6.55. The molecule has 1 atom stereocenters. The molecule has 2 aromatic rings. The quantitative estimate of drug-likeness (QED) is 0.855. The van der Waals surface area contributed by atoms with Gasteiger partial charge in [0.1, 0.15) is 10.7 Å². The highest BCUT2D eigenvalue weighted by Crippen LogP contribution is 2.18. The van der Waals surface area contributed by atoms with Crippen molar-refractivity contribution in [1.82, 2.24) is 9.71 Å². The van der Waals surface area contributed by atoms with Gasteiger partial charge in [-0.15, -0.1) is 11.3 Å². The molecule has 0 aromatic carbocycles. The van der Waals surface area contributed by atoms with E-state index in [1.54, 1.807) is 30.5 Å². The molecule has 1 unspecified atom stereocenters. The number of anilines is 1. The van der Waals surface area contributed by atoms with Crippen LogP contribution in [0.15, 0.2) is 35.4 Å². The summed E-state index contributed by atoms with van der Waals surface area (Å²) < 4.78 is 27.2. The van der Waals surface area contributed by atoms with Crippen molar-refractivity contribution >= 4 is 27.2 Å². The number of pyridine rings is 1. The van der Waals surface area contributed by atoms with Crippen molar-refractivity contribution in [2.24, 2.45) is 0 Å². The van der Waals surface area contributed by atoms with Crippen molar-refractivity contribution in [1.29, 1.82) is 0 Å². The zero-order valence-electron chi connectivity index (χ0n) is 12.3. The van der Waals surface area contributed by atoms with Gasteiger partial charge in [0.05, 0.1) is 0 Å². The summed E-state index contributed by atoms with van der Waals surface area (Å²) in [4.78, 5) is 6.61. The molecule has 21 heavy (non-hydrogen) atoms. The van der Waals surface area contributed by atoms with E-state index in [1.165, 1.54) is 16.0 Å². The molecule has 0 saturated heterocycles. The van der Waals surface area contributed by atoms with Gasteiger partial charge in [0.15, 0.2) is 0 Å². The third kappa shape index (κ3) is 4.26. The summed E-state index contributed by atoms with van der Waals surface area (Å²) in [5.41, 5.74) is 0. The number of thiophene rings is 1. The van der Waals surface area contributed by atoms with E-state index in [2.05, 4.69) is 15.0 Å². The number of nitrogens with zero attached hydrogens (tertiary/aromatic N) is 1. The maximum Gasteiger partial charge on any atom is 0.242 e. The van der Waals surface area contributed by atoms with E-state index in [-0.39, 0.29) is 10.9 Å². The fourth-order valence-electron chi connectivity index (χ4n) is 1.96. The first-order chi connectivity index (χ1) is 9.90. The molecule has 2 N–H and O–H groups in total. The molecule has 0 aliphatic rings. The monoisotopic (exact) mass is 325 g/mol. The Morgan fingerprint density at radius 1 is 1.29 bits per heavy atom. The van der Waals surface area contributed by atoms with Crippen molar-refractivity contribution < 1.29 is 8.42 Å². The van der Waals surface area contributed by atoms with Gasteiger partial charge < -0.3 is 5.32 Å². The van der Waals surface area contributed by atoms with Crippen molar-refractivity contribution in [3.63, 3.8) is 0 Å². The molecule has 2 heterocycles. The fourth-order valence-corrected chi connectivity index (χ4v) is 4.17. The lowest BCUT2D eigenvalue weighted by Crippen LogP contribution is -2.34. The molecule has 0 aliphatic carbocycles. The maximum atomic E-state index is 12.3. The smallest absolute Gasteiger partial charge is 0.242 e. The van der Waals surface area contributed by atoms with Crippen LogP contribution in [-0.4, -0.2) is 26.5 Å². The average molecular weight is 325 g/mol. The topological polar surface area (TPSA) is 71.1 Å². The van der Waals surface area contributed by atoms with Crippen LogP contribution in [0.25, 0.3) is 0 Å². The summed E-state index contributed by atoms with van der Waals surface area (Å²) in [6.45, 7) is 3.90. The molecule has 2 aromatic heterocycles. The summed E-state index contributed by atoms with van der Waals surface area (Å²) in [5.74, 6) is 0.635. The largest absolute Gasteiger partial charge is 0.373 e. The molecule has 0 saturated carbocycles. The van der Waals surface area contributed by atoms with Crippen LogP contribution in [0.1, 0.15) is 16.7 Å². The minimum atomic E-state index is -3.53. The lowest BCUT2D eigenvalue weighted by atomic mass is 10.2. The third-order valence-corrected chi connectivity index (χ3v) is 5.56. The first-order valence-corrected chi connectivity index (χ1v) is 8.92. The van der Waals surface area contributed by atoms with Gasteiger partial charge in [0.2, 0.25) is 10.0 Å². The molecule has 0 amide bonds. The summed E-state index contributed by atoms with van der Waals surface area (Å²) in [6.07, 6.45) is 2.04. The van der Waals surface area contributed by atoms with E-state index in [0.29, 0.717) is 12.2 Å². The number of rotatable bonds is 6. The van der Waals surface area contributed by atoms with Crippen LogP contribution < -0.4 is 10.0 Å². The molecule has 114 valence electrons. The van der Waals surface area contributed by atoms with Crippen LogP contribution in [0.5, 0.6) is 0 Å². The predicted octanol–water partition coefficient (Wildman–Crippen LogP) is 2.40. The summed E-state index contributed by atoms with van der Waals surface area (Å²) in [6, 6.07) is 7.10. The molecular weight excluding hydrogens is 306 g/mol. The molecule has 0 fully saturated rings. The van der Waals surface area contributed by atoms with Crippen LogP contribution in [0.3, 0.4) is 0 Å². The number of nitrogens with one attached hydrogen (secondary N) is 2. The van der Waals surface area contributed by atoms with Crippen LogP contribution in [0.4, 0.5) is 5.82 Å². The lowest BCUT2D eigenvalue weighted by Gasteiger charge is -2.13. The van der Waals surface area contributed by atoms with E-state index in [4.69, 9.17) is 0 Å². The van der Waals surface area contributed by atoms with Crippen LogP contribution in [0.2, 0.25) is 0 Å². The van der Waals surface area contributed by atoms with Crippen LogP contribution >= 0.6 is 11.3 Å². The van der Waals surface area contributed by atoms with Crippen molar-refractivity contribution in [2.75, 3.05) is 12.4 Å². The van der Waals surface area contributed by atoms with E-state index in [0.717, 1.165) is 0 Å². The van der Waals surface area contributed by atoms with Gasteiger partial charge in [-0.2, -0.15) is 0 Å². The van der Waals surface area contributed by atoms with E-state index < -0.39 is 10.0 Å². The van der Waals surface area contributed by atoms with Gasteiger partial charge in [0, 0.05) is 29.0 Å². The lowest BCUT2D eigenvalue weighted by molar-refractivity contribution is 0.560. The maximum absolute atomic E-state index is 12.3. The minimum Gasteiger partial charge on any atom is -0.373 e. The zero-order valence-corrected chi connectivity index (χ0v) is 13.9. The zero-order chi connectivity index (χ0) is 15.5. The van der Waals surface area contributed by atoms with Gasteiger partial charge in [-0.3, -0.25) is 0 Å². The molecule has 2 rings (SSSR count). The summed E-state index contributed by atoms with van der Waals surface area (Å²) in [5, 5.41) is 2.86. The van der Waals surface area contributed by atoms with Crippen LogP contribution in [0, 0.1) is 6.92 Å². The number of aromatic nitrogens is 1. The Hall–Kier alpha value is -1.44. The highest BCUT2D eigenvalue weighted by Gasteiger charge is 2.18. The standard InChI is InChI=1S/C14H19N3O2S2/c1-10(8-12-5-4-11(2)20-12)17-21(18,19)13-6-7-14(15-3)16-9-13/h4-7,9-10,17H,8H2,1-3H3,(H,15,16). The van der Waals surface area contributed by atoms with Gasteiger partial charge in [-0.05, 0) is 44.5 Å². The first kappa shape index (κ1) is 15.9. The Kier molecular flexibility index (Phi) is 4.97. The van der Waals surface area contributed by atoms with Gasteiger partial charge >= 0.3 is 0 Å². The first-order valence-electron chi connectivity index (χ1n) is 6.62. The number of hydrogen-bond acceptors (Lipinski definition) is 5. The minimum absolute atomic E-state index is 0.169. The van der Waals surface area contributed by atoms with E-state index in [9.17, 15) is 8.42 Å². The second-order valence-electron chi connectivity index (χ2n) is 4.87. The van der Waals surface area contributed by atoms with Crippen molar-refractivity contribution in [3.05, 3.63) is 40.2 Å². The van der Waals surface area contributed by atoms with Gasteiger partial charge in [-0.25, -0.2) is 18.1 Å². The Labute approximate surface area is 129 Å². The SMILES string of the molecule is CNc1ccc(S(=O)(=O)NC(C)Cc2ccc(C)s2)cn1. The van der Waals surface area contributed by atoms with E-state index >= 15 is 0 Å². The highest BCUT2D eigenvalue weighted by atomic mass is 32.2. The van der Waals surface area contributed by atoms with E-state index in [1.807, 2.05) is 26.0 Å². The molecule has 0 radical (unpaired) electrons. The third-order valence-electron chi connectivity index (χ3n) is 2.96. The molecule has 7 heteroatoms. The molecule has 0 spiro atoms. The number of sulfonamides is 1. The van der Waals surface area contributed by atoms with Crippen molar-refractivity contribution in [2.45, 2.75) is 31.2 Å². The van der Waals surface area contributed by atoms with Crippen LogP contribution in [-0.2, 0) is 16.4 Å². The van der Waals surface area contributed by atoms with Crippen molar-refractivity contribution in [3.8, 4) is 0 Å². The van der Waals surface area contributed by atoms with Gasteiger partial charge in [0.25, 0.3) is 0 Å². The summed E-state index contributed by atoms with van der Waals surface area (Å²) in [7, 11) is -1.80. The number of aryl methyl sites for hydroxylation is 1. The second-order valence-corrected chi connectivity index (χ2v) is 7.95. The molecule has 0 aliphatic heterocycles. The Bertz CT molecular complexity index is 693. The normalized spacial score (nSPS) is 13.1. The Balaban J connectivity index is 2.05. The van der Waals surface area contributed by atoms with Gasteiger partial charge in [-0.1, -0.05) is 0 Å². The number of hydrogen-bond donors (Lipinski definition) is 2.